The predicted octanol–water partition coefficient (Wildman–Crippen LogP) is 5.18. The molecule has 2 amide bonds. The third kappa shape index (κ3) is 6.60. The maximum Gasteiger partial charge on any atom is 0.471 e. The molecule has 2 atom stereocenters. The zero-order chi connectivity index (χ0) is 24.6. The molecule has 0 radical (unpaired) electrons. The number of nitrogens with zero attached hydrogens (tertiary/aromatic N) is 2. The number of carbonyl (C=O) groups is 2. The number of amides is 2. The Morgan fingerprint density at radius 2 is 1.67 bits per heavy atom. The molecule has 1 heterocycles. The van der Waals surface area contributed by atoms with Crippen LogP contribution in [0.25, 0.3) is 0 Å². The third-order valence-corrected chi connectivity index (χ3v) is 6.44. The smallest absolute Gasteiger partial charge is 0.444 e. The van der Waals surface area contributed by atoms with Crippen LogP contribution in [0.2, 0.25) is 0 Å². The lowest BCUT2D eigenvalue weighted by Crippen LogP contribution is -2.53. The summed E-state index contributed by atoms with van der Waals surface area (Å²) in [6, 6.07) is 5.44. The molecule has 1 aliphatic heterocycles. The number of hydrogen-bond acceptors (Lipinski definition) is 3. The Morgan fingerprint density at radius 3 is 2.12 bits per heavy atom. The van der Waals surface area contributed by atoms with E-state index in [1.807, 2.05) is 6.92 Å². The number of ether oxygens (including phenoxy) is 1. The molecule has 3 rings (SSSR count). The van der Waals surface area contributed by atoms with E-state index in [1.165, 1.54) is 12.1 Å². The van der Waals surface area contributed by atoms with Crippen LogP contribution in [0.4, 0.5) is 22.4 Å². The van der Waals surface area contributed by atoms with Crippen LogP contribution >= 0.6 is 0 Å². The minimum Gasteiger partial charge on any atom is -0.444 e. The van der Waals surface area contributed by atoms with Gasteiger partial charge in [-0.25, -0.2) is 9.18 Å². The molecular weight excluding hydrogens is 440 g/mol. The van der Waals surface area contributed by atoms with E-state index in [2.05, 4.69) is 0 Å². The Bertz CT molecular complexity index is 856. The molecule has 1 saturated carbocycles. The van der Waals surface area contributed by atoms with Crippen LogP contribution in [0.1, 0.15) is 52.5 Å². The fourth-order valence-electron chi connectivity index (χ4n) is 4.52. The van der Waals surface area contributed by atoms with Gasteiger partial charge < -0.3 is 14.5 Å². The van der Waals surface area contributed by atoms with Gasteiger partial charge in [0.2, 0.25) is 0 Å². The molecule has 0 spiro atoms. The molecule has 184 valence electrons. The molecule has 9 heteroatoms. The van der Waals surface area contributed by atoms with Crippen molar-refractivity contribution < 1.29 is 31.9 Å². The number of rotatable bonds is 5. The van der Waals surface area contributed by atoms with Gasteiger partial charge in [0.05, 0.1) is 0 Å². The molecule has 2 aliphatic rings. The molecule has 0 N–H and O–H groups in total. The number of piperidine rings is 1. The molecule has 1 aromatic rings. The highest BCUT2D eigenvalue weighted by Crippen LogP contribution is 2.43. The predicted molar refractivity (Wildman–Crippen MR) is 115 cm³/mol. The van der Waals surface area contributed by atoms with Gasteiger partial charge in [0.15, 0.2) is 0 Å². The second-order valence-electron chi connectivity index (χ2n) is 10.5. The van der Waals surface area contributed by atoms with Crippen LogP contribution < -0.4 is 0 Å². The van der Waals surface area contributed by atoms with Crippen LogP contribution in [-0.4, -0.2) is 59.3 Å². The molecule has 33 heavy (non-hydrogen) atoms. The van der Waals surface area contributed by atoms with Crippen LogP contribution in [0.3, 0.4) is 0 Å². The van der Waals surface area contributed by atoms with Crippen molar-refractivity contribution in [3.05, 3.63) is 35.6 Å². The fourth-order valence-corrected chi connectivity index (χ4v) is 4.52. The highest BCUT2D eigenvalue weighted by atomic mass is 19.4. The van der Waals surface area contributed by atoms with Crippen LogP contribution in [0.5, 0.6) is 0 Å². The Kier molecular flexibility index (Phi) is 7.01. The molecule has 1 saturated heterocycles. The molecular formula is C24H32F4N2O3. The first-order valence-corrected chi connectivity index (χ1v) is 11.3. The number of likely N-dealkylation sites (tertiary alicyclic amines) is 1. The van der Waals surface area contributed by atoms with Gasteiger partial charge in [0, 0.05) is 25.7 Å². The Morgan fingerprint density at radius 1 is 1.12 bits per heavy atom. The van der Waals surface area contributed by atoms with Gasteiger partial charge in [-0.2, -0.15) is 13.2 Å². The maximum atomic E-state index is 13.4. The average molecular weight is 473 g/mol. The van der Waals surface area contributed by atoms with Crippen LogP contribution in [-0.2, 0) is 16.0 Å². The summed E-state index contributed by atoms with van der Waals surface area (Å²) in [7, 11) is 0. The first kappa shape index (κ1) is 25.3. The molecule has 0 bridgehead atoms. The largest absolute Gasteiger partial charge is 0.471 e. The molecule has 1 aliphatic carbocycles. The van der Waals surface area contributed by atoms with E-state index in [0.717, 1.165) is 10.5 Å². The lowest BCUT2D eigenvalue weighted by Gasteiger charge is -2.45. The highest BCUT2D eigenvalue weighted by molar-refractivity contribution is 5.82. The maximum absolute atomic E-state index is 13.4. The first-order chi connectivity index (χ1) is 15.2. The molecule has 0 unspecified atom stereocenters. The Hall–Kier alpha value is -2.32. The SMILES string of the molecule is C[C@@H]1C[C@H]1N(CC1(Cc2ccc(F)cc2)CCN(C(=O)OC(C)(C)C)CC1)C(=O)C(F)(F)F. The van der Waals surface area contributed by atoms with Crippen molar-refractivity contribution in [3.8, 4) is 0 Å². The first-order valence-electron chi connectivity index (χ1n) is 11.3. The standard InChI is InChI=1S/C24H32F4N2O3/c1-16-13-19(16)30(20(31)24(26,27)28)15-23(14-17-5-7-18(25)8-6-17)9-11-29(12-10-23)21(32)33-22(2,3)4/h5-8,16,19H,9-15H2,1-4H3/t16-,19-/m1/s1. The van der Waals surface area contributed by atoms with Crippen LogP contribution in [0, 0.1) is 17.2 Å². The van der Waals surface area contributed by atoms with Gasteiger partial charge in [0.25, 0.3) is 0 Å². The molecule has 1 aromatic carbocycles. The normalized spacial score (nSPS) is 22.6. The van der Waals surface area contributed by atoms with E-state index >= 15 is 0 Å². The van der Waals surface area contributed by atoms with E-state index in [1.54, 1.807) is 37.8 Å². The van der Waals surface area contributed by atoms with Gasteiger partial charge in [-0.1, -0.05) is 19.1 Å². The number of carbonyl (C=O) groups excluding carboxylic acids is 2. The van der Waals surface area contributed by atoms with Crippen molar-refractivity contribution in [1.82, 2.24) is 9.80 Å². The quantitative estimate of drug-likeness (QED) is 0.555. The molecule has 2 fully saturated rings. The topological polar surface area (TPSA) is 49.9 Å². The summed E-state index contributed by atoms with van der Waals surface area (Å²) in [6.45, 7) is 7.70. The lowest BCUT2D eigenvalue weighted by molar-refractivity contribution is -0.188. The molecule has 5 nitrogen and oxygen atoms in total. The summed E-state index contributed by atoms with van der Waals surface area (Å²) in [6.07, 6.45) is -3.66. The van der Waals surface area contributed by atoms with Gasteiger partial charge in [-0.05, 0) is 75.5 Å². The van der Waals surface area contributed by atoms with E-state index in [9.17, 15) is 27.2 Å². The van der Waals surface area contributed by atoms with Gasteiger partial charge >= 0.3 is 18.2 Å². The van der Waals surface area contributed by atoms with Crippen molar-refractivity contribution in [2.75, 3.05) is 19.6 Å². The highest BCUT2D eigenvalue weighted by Gasteiger charge is 2.52. The molecule has 0 aromatic heterocycles. The van der Waals surface area contributed by atoms with Gasteiger partial charge in [-0.3, -0.25) is 4.79 Å². The number of alkyl halides is 3. The monoisotopic (exact) mass is 472 g/mol. The second-order valence-corrected chi connectivity index (χ2v) is 10.5. The van der Waals surface area contributed by atoms with Crippen molar-refractivity contribution in [2.24, 2.45) is 11.3 Å². The van der Waals surface area contributed by atoms with E-state index < -0.39 is 41.1 Å². The van der Waals surface area contributed by atoms with E-state index in [-0.39, 0.29) is 12.5 Å². The summed E-state index contributed by atoms with van der Waals surface area (Å²) >= 11 is 0. The average Bonchev–Trinajstić information content (AvgIpc) is 3.42. The Balaban J connectivity index is 1.83. The van der Waals surface area contributed by atoms with Crippen molar-refractivity contribution in [2.45, 2.75) is 71.2 Å². The lowest BCUT2D eigenvalue weighted by atomic mass is 9.73. The van der Waals surface area contributed by atoms with Crippen molar-refractivity contribution in [1.29, 1.82) is 0 Å². The zero-order valence-corrected chi connectivity index (χ0v) is 19.5. The number of hydrogen-bond donors (Lipinski definition) is 0. The van der Waals surface area contributed by atoms with Crippen molar-refractivity contribution in [3.63, 3.8) is 0 Å². The fraction of sp³-hybridized carbons (Fsp3) is 0.667. The minimum absolute atomic E-state index is 0.0148. The summed E-state index contributed by atoms with van der Waals surface area (Å²) in [5.41, 5.74) is -0.539. The number of benzene rings is 1. The van der Waals surface area contributed by atoms with E-state index in [4.69, 9.17) is 4.74 Å². The Labute approximate surface area is 192 Å². The summed E-state index contributed by atoms with van der Waals surface area (Å²) in [4.78, 5) is 27.3. The number of halogens is 4. The van der Waals surface area contributed by atoms with Crippen molar-refractivity contribution >= 4 is 12.0 Å². The summed E-state index contributed by atoms with van der Waals surface area (Å²) < 4.78 is 59.0. The second kappa shape index (κ2) is 9.14. The van der Waals surface area contributed by atoms with Crippen LogP contribution in [0.15, 0.2) is 24.3 Å². The van der Waals surface area contributed by atoms with Gasteiger partial charge in [-0.15, -0.1) is 0 Å². The van der Waals surface area contributed by atoms with Gasteiger partial charge in [0.1, 0.15) is 11.4 Å². The summed E-state index contributed by atoms with van der Waals surface area (Å²) in [5.74, 6) is -2.20. The van der Waals surface area contributed by atoms with E-state index in [0.29, 0.717) is 38.8 Å². The minimum atomic E-state index is -4.95. The third-order valence-electron chi connectivity index (χ3n) is 6.44. The zero-order valence-electron chi connectivity index (χ0n) is 19.5. The summed E-state index contributed by atoms with van der Waals surface area (Å²) in [5, 5.41) is 0.